The SMILES string of the molecule is O=C1N[C@H](c2ccc(C#Cc3ccccc3)nc2)[C@@H](c2cccc(F)c2)O1.O=C1N[C@H](c2ccc(Cl)nc2)[C@@H](c2cccc(F)c2)O1. The number of alkyl carbamates (subject to hydrolysis) is 2. The highest BCUT2D eigenvalue weighted by molar-refractivity contribution is 6.29. The van der Waals surface area contributed by atoms with Crippen molar-refractivity contribution in [1.29, 1.82) is 0 Å². The summed E-state index contributed by atoms with van der Waals surface area (Å²) >= 11 is 5.74. The Kier molecular flexibility index (Phi) is 9.36. The van der Waals surface area contributed by atoms with Gasteiger partial charge >= 0.3 is 12.2 Å². The van der Waals surface area contributed by atoms with Crippen LogP contribution >= 0.6 is 11.6 Å². The van der Waals surface area contributed by atoms with Crippen molar-refractivity contribution < 1.29 is 27.8 Å². The molecular weight excluding hydrogens is 626 g/mol. The number of cyclic esters (lactones) is 2. The van der Waals surface area contributed by atoms with Crippen molar-refractivity contribution in [3.8, 4) is 11.8 Å². The molecule has 2 N–H and O–H groups in total. The zero-order valence-corrected chi connectivity index (χ0v) is 25.2. The van der Waals surface area contributed by atoms with Gasteiger partial charge in [-0.2, -0.15) is 0 Å². The first kappa shape index (κ1) is 31.2. The lowest BCUT2D eigenvalue weighted by molar-refractivity contribution is 0.131. The van der Waals surface area contributed by atoms with Crippen LogP contribution in [-0.2, 0) is 9.47 Å². The third-order valence-corrected chi connectivity index (χ3v) is 7.56. The van der Waals surface area contributed by atoms with Crippen LogP contribution in [0.2, 0.25) is 5.15 Å². The number of aromatic nitrogens is 2. The second-order valence-electron chi connectivity index (χ2n) is 10.5. The standard InChI is InChI=1S/C22H15FN2O2.C14H10ClFN2O2/c23-18-8-4-7-16(13-18)21-20(25-22(26)27-21)17-10-12-19(24-14-17)11-9-15-5-2-1-3-6-15;15-11-5-4-9(7-17-11)12-13(20-14(19)18-12)8-2-1-3-10(16)6-8/h1-8,10,12-14,20-21H,(H,25,26);1-7,12-13H,(H,18,19)/t20-,21-;12-,13-/m11/s1. The van der Waals surface area contributed by atoms with Gasteiger partial charge in [-0.3, -0.25) is 0 Å². The Morgan fingerprint density at radius 3 is 1.66 bits per heavy atom. The monoisotopic (exact) mass is 650 g/mol. The second kappa shape index (κ2) is 14.1. The number of carbonyl (C=O) groups is 2. The van der Waals surface area contributed by atoms with Gasteiger partial charge in [-0.1, -0.05) is 72.1 Å². The number of ether oxygens (including phenoxy) is 2. The van der Waals surface area contributed by atoms with E-state index in [0.717, 1.165) is 16.7 Å². The molecule has 4 atom stereocenters. The molecule has 2 aliphatic heterocycles. The molecule has 0 unspecified atom stereocenters. The van der Waals surface area contributed by atoms with Crippen LogP contribution in [0.25, 0.3) is 0 Å². The third kappa shape index (κ3) is 7.72. The Balaban J connectivity index is 0.000000172. The molecule has 11 heteroatoms. The first-order valence-corrected chi connectivity index (χ1v) is 14.8. The van der Waals surface area contributed by atoms with E-state index in [0.29, 0.717) is 22.0 Å². The van der Waals surface area contributed by atoms with Crippen LogP contribution in [0.3, 0.4) is 0 Å². The Morgan fingerprint density at radius 2 is 1.17 bits per heavy atom. The molecule has 4 heterocycles. The van der Waals surface area contributed by atoms with Gasteiger partial charge in [0.1, 0.15) is 34.6 Å². The summed E-state index contributed by atoms with van der Waals surface area (Å²) in [6.07, 6.45) is 0.925. The number of halogens is 3. The number of benzene rings is 3. The maximum Gasteiger partial charge on any atom is 0.408 e. The zero-order valence-electron chi connectivity index (χ0n) is 24.4. The van der Waals surface area contributed by atoms with Gasteiger partial charge in [-0.25, -0.2) is 28.3 Å². The first-order valence-electron chi connectivity index (χ1n) is 14.4. The van der Waals surface area contributed by atoms with Gasteiger partial charge in [0.2, 0.25) is 0 Å². The van der Waals surface area contributed by atoms with E-state index in [2.05, 4.69) is 32.4 Å². The van der Waals surface area contributed by atoms with Gasteiger partial charge in [0.05, 0.1) is 0 Å². The molecule has 8 nitrogen and oxygen atoms in total. The smallest absolute Gasteiger partial charge is 0.408 e. The molecule has 0 bridgehead atoms. The number of rotatable bonds is 4. The van der Waals surface area contributed by atoms with Gasteiger partial charge in [-0.05, 0) is 76.7 Å². The number of carbonyl (C=O) groups excluding carboxylic acids is 2. The highest BCUT2D eigenvalue weighted by Crippen LogP contribution is 2.37. The summed E-state index contributed by atoms with van der Waals surface area (Å²) in [6.45, 7) is 0. The van der Waals surface area contributed by atoms with E-state index >= 15 is 0 Å². The molecule has 2 fully saturated rings. The summed E-state index contributed by atoms with van der Waals surface area (Å²) in [6, 6.07) is 27.8. The molecule has 0 aliphatic carbocycles. The van der Waals surface area contributed by atoms with Crippen molar-refractivity contribution in [2.45, 2.75) is 24.3 Å². The molecule has 3 aromatic carbocycles. The summed E-state index contributed by atoms with van der Waals surface area (Å²) in [7, 11) is 0. The average molecular weight is 651 g/mol. The maximum absolute atomic E-state index is 13.5. The number of hydrogen-bond acceptors (Lipinski definition) is 6. The van der Waals surface area contributed by atoms with Gasteiger partial charge < -0.3 is 20.1 Å². The summed E-state index contributed by atoms with van der Waals surface area (Å²) in [4.78, 5) is 31.6. The van der Waals surface area contributed by atoms with Crippen LogP contribution in [-0.4, -0.2) is 22.2 Å². The zero-order chi connectivity index (χ0) is 32.8. The van der Waals surface area contributed by atoms with Crippen molar-refractivity contribution >= 4 is 23.8 Å². The van der Waals surface area contributed by atoms with E-state index < -0.39 is 36.5 Å². The third-order valence-electron chi connectivity index (χ3n) is 7.34. The lowest BCUT2D eigenvalue weighted by atomic mass is 9.97. The first-order chi connectivity index (χ1) is 22.8. The normalized spacial score (nSPS) is 19.6. The highest BCUT2D eigenvalue weighted by atomic mass is 35.5. The number of nitrogens with zero attached hydrogens (tertiary/aromatic N) is 2. The van der Waals surface area contributed by atoms with E-state index in [1.807, 2.05) is 36.4 Å². The predicted molar refractivity (Wildman–Crippen MR) is 169 cm³/mol. The van der Waals surface area contributed by atoms with Gasteiger partial charge in [0.15, 0.2) is 12.2 Å². The minimum absolute atomic E-state index is 0.362. The Labute approximate surface area is 273 Å². The van der Waals surface area contributed by atoms with Gasteiger partial charge in [-0.15, -0.1) is 0 Å². The molecule has 0 spiro atoms. The van der Waals surface area contributed by atoms with Crippen LogP contribution in [0.4, 0.5) is 18.4 Å². The molecule has 5 aromatic rings. The van der Waals surface area contributed by atoms with Crippen molar-refractivity contribution in [1.82, 2.24) is 20.6 Å². The van der Waals surface area contributed by atoms with Crippen molar-refractivity contribution in [3.63, 3.8) is 0 Å². The second-order valence-corrected chi connectivity index (χ2v) is 10.9. The summed E-state index contributed by atoms with van der Waals surface area (Å²) in [5, 5.41) is 5.81. The Bertz CT molecular complexity index is 1950. The van der Waals surface area contributed by atoms with Crippen molar-refractivity contribution in [3.05, 3.63) is 166 Å². The number of amides is 2. The Morgan fingerprint density at radius 1 is 0.617 bits per heavy atom. The lowest BCUT2D eigenvalue weighted by Gasteiger charge is -2.17. The topological polar surface area (TPSA) is 102 Å². The van der Waals surface area contributed by atoms with E-state index in [4.69, 9.17) is 21.1 Å². The van der Waals surface area contributed by atoms with Crippen LogP contribution in [0, 0.1) is 23.5 Å². The summed E-state index contributed by atoms with van der Waals surface area (Å²) in [5.74, 6) is 5.31. The minimum atomic E-state index is -0.615. The van der Waals surface area contributed by atoms with Crippen LogP contribution < -0.4 is 10.6 Å². The minimum Gasteiger partial charge on any atom is -0.439 e. The molecule has 2 saturated heterocycles. The number of pyridine rings is 2. The van der Waals surface area contributed by atoms with Crippen molar-refractivity contribution in [2.24, 2.45) is 0 Å². The largest absolute Gasteiger partial charge is 0.439 e. The molecule has 2 aromatic heterocycles. The fourth-order valence-electron chi connectivity index (χ4n) is 5.14. The fraction of sp³-hybridized carbons (Fsp3) is 0.111. The Hall–Kier alpha value is -5.79. The van der Waals surface area contributed by atoms with Crippen LogP contribution in [0.1, 0.15) is 57.8 Å². The predicted octanol–water partition coefficient (Wildman–Crippen LogP) is 7.54. The number of hydrogen-bond donors (Lipinski definition) is 2. The van der Waals surface area contributed by atoms with Crippen molar-refractivity contribution in [2.75, 3.05) is 0 Å². The average Bonchev–Trinajstić information content (AvgIpc) is 3.68. The van der Waals surface area contributed by atoms with E-state index in [1.165, 1.54) is 24.3 Å². The molecule has 7 rings (SSSR count). The van der Waals surface area contributed by atoms with E-state index in [-0.39, 0.29) is 11.6 Å². The van der Waals surface area contributed by atoms with Gasteiger partial charge in [0.25, 0.3) is 0 Å². The maximum atomic E-state index is 13.5. The van der Waals surface area contributed by atoms with E-state index in [1.54, 1.807) is 54.9 Å². The van der Waals surface area contributed by atoms with Crippen LogP contribution in [0.15, 0.2) is 116 Å². The fourth-order valence-corrected chi connectivity index (χ4v) is 5.25. The molecule has 0 radical (unpaired) electrons. The molecule has 234 valence electrons. The highest BCUT2D eigenvalue weighted by Gasteiger charge is 2.37. The molecule has 47 heavy (non-hydrogen) atoms. The van der Waals surface area contributed by atoms with Gasteiger partial charge in [0, 0.05) is 18.0 Å². The quantitative estimate of drug-likeness (QED) is 0.154. The van der Waals surface area contributed by atoms with Crippen LogP contribution in [0.5, 0.6) is 0 Å². The van der Waals surface area contributed by atoms with E-state index in [9.17, 15) is 18.4 Å². The molecule has 2 aliphatic rings. The molecule has 0 saturated carbocycles. The summed E-state index contributed by atoms with van der Waals surface area (Å²) in [5.41, 5.74) is 4.21. The summed E-state index contributed by atoms with van der Waals surface area (Å²) < 4.78 is 37.4. The molecule has 2 amide bonds. The number of nitrogens with one attached hydrogen (secondary N) is 2. The lowest BCUT2D eigenvalue weighted by Crippen LogP contribution is -2.19. The molecular formula is C36H25ClF2N4O4.